The molecule has 0 aliphatic heterocycles. The zero-order chi connectivity index (χ0) is 16.0. The van der Waals surface area contributed by atoms with Crippen LogP contribution in [0.5, 0.6) is 5.75 Å². The predicted molar refractivity (Wildman–Crippen MR) is 72.7 cm³/mol. The molecule has 0 fully saturated rings. The van der Waals surface area contributed by atoms with E-state index in [4.69, 9.17) is 9.84 Å². The van der Waals surface area contributed by atoms with Gasteiger partial charge in [-0.25, -0.2) is 14.3 Å². The third kappa shape index (κ3) is 4.84. The molecule has 1 rings (SSSR count). The molecule has 0 bridgehead atoms. The Bertz CT molecular complexity index is 642. The van der Waals surface area contributed by atoms with Gasteiger partial charge in [0.05, 0.1) is 19.4 Å². The monoisotopic (exact) mass is 318 g/mol. The van der Waals surface area contributed by atoms with E-state index in [0.29, 0.717) is 0 Å². The van der Waals surface area contributed by atoms with Crippen molar-refractivity contribution in [2.24, 2.45) is 0 Å². The number of nitrogens with one attached hydrogen (secondary N) is 2. The Kier molecular flexibility index (Phi) is 5.36. The van der Waals surface area contributed by atoms with Crippen LogP contribution in [0.15, 0.2) is 18.2 Å². The highest BCUT2D eigenvalue weighted by molar-refractivity contribution is 7.91. The molecule has 0 aliphatic rings. The van der Waals surface area contributed by atoms with E-state index in [9.17, 15) is 18.0 Å². The number of ether oxygens (including phenoxy) is 2. The second kappa shape index (κ2) is 6.79. The Morgan fingerprint density at radius 2 is 2.00 bits per heavy atom. The summed E-state index contributed by atoms with van der Waals surface area (Å²) in [7, 11) is -2.94. The number of amides is 1. The molecule has 0 atom stereocenters. The summed E-state index contributed by atoms with van der Waals surface area (Å²) >= 11 is 0. The van der Waals surface area contributed by atoms with Crippen molar-refractivity contribution >= 4 is 28.0 Å². The number of carboxylic acids is 1. The molecule has 0 saturated heterocycles. The summed E-state index contributed by atoms with van der Waals surface area (Å²) < 4.78 is 36.2. The van der Waals surface area contributed by atoms with Gasteiger partial charge >= 0.3 is 22.3 Å². The van der Waals surface area contributed by atoms with Crippen molar-refractivity contribution < 1.29 is 32.6 Å². The standard InChI is InChI=1S/C11H14N2O7S/c1-3-20-11(16)13-21(17,18)12-7-4-5-8(10(14)15)9(6-7)19-2/h4-6,12H,3H2,1-2H3,(H,13,16)(H,14,15). The highest BCUT2D eigenvalue weighted by Gasteiger charge is 2.17. The van der Waals surface area contributed by atoms with Gasteiger partial charge in [0.2, 0.25) is 0 Å². The maximum Gasteiger partial charge on any atom is 0.422 e. The van der Waals surface area contributed by atoms with Gasteiger partial charge in [-0.2, -0.15) is 8.42 Å². The number of benzene rings is 1. The van der Waals surface area contributed by atoms with Gasteiger partial charge in [-0.05, 0) is 19.1 Å². The van der Waals surface area contributed by atoms with E-state index in [1.807, 2.05) is 4.72 Å². The van der Waals surface area contributed by atoms with Crippen LogP contribution in [0.2, 0.25) is 0 Å². The molecule has 1 amide bonds. The molecule has 1 aromatic rings. The highest BCUT2D eigenvalue weighted by Crippen LogP contribution is 2.23. The van der Waals surface area contributed by atoms with E-state index < -0.39 is 22.3 Å². The molecule has 3 N–H and O–H groups in total. The maximum atomic E-state index is 11.6. The number of hydrogen-bond donors (Lipinski definition) is 3. The Morgan fingerprint density at radius 1 is 1.33 bits per heavy atom. The van der Waals surface area contributed by atoms with Gasteiger partial charge in [-0.1, -0.05) is 0 Å². The third-order valence-electron chi connectivity index (χ3n) is 2.18. The van der Waals surface area contributed by atoms with Crippen molar-refractivity contribution in [2.45, 2.75) is 6.92 Å². The summed E-state index contributed by atoms with van der Waals surface area (Å²) in [5.74, 6) is -1.25. The first-order valence-electron chi connectivity index (χ1n) is 5.67. The summed E-state index contributed by atoms with van der Waals surface area (Å²) in [4.78, 5) is 22.0. The first kappa shape index (κ1) is 16.6. The van der Waals surface area contributed by atoms with Gasteiger partial charge in [0.1, 0.15) is 11.3 Å². The topological polar surface area (TPSA) is 131 Å². The molecule has 0 aromatic heterocycles. The highest BCUT2D eigenvalue weighted by atomic mass is 32.2. The van der Waals surface area contributed by atoms with Crippen LogP contribution in [0.1, 0.15) is 17.3 Å². The van der Waals surface area contributed by atoms with Gasteiger partial charge in [-0.3, -0.25) is 4.72 Å². The zero-order valence-corrected chi connectivity index (χ0v) is 12.1. The van der Waals surface area contributed by atoms with Crippen molar-refractivity contribution in [3.05, 3.63) is 23.8 Å². The van der Waals surface area contributed by atoms with Crippen molar-refractivity contribution in [1.82, 2.24) is 4.72 Å². The molecule has 21 heavy (non-hydrogen) atoms. The average Bonchev–Trinajstić information content (AvgIpc) is 2.37. The van der Waals surface area contributed by atoms with Crippen LogP contribution in [0.3, 0.4) is 0 Å². The second-order valence-corrected chi connectivity index (χ2v) is 5.06. The van der Waals surface area contributed by atoms with Crippen molar-refractivity contribution in [2.75, 3.05) is 18.4 Å². The zero-order valence-electron chi connectivity index (χ0n) is 11.2. The number of hydrogen-bond acceptors (Lipinski definition) is 6. The number of carbonyl (C=O) groups is 2. The SMILES string of the molecule is CCOC(=O)NS(=O)(=O)Nc1ccc(C(=O)O)c(OC)c1. The van der Waals surface area contributed by atoms with E-state index in [2.05, 4.69) is 4.74 Å². The third-order valence-corrected chi connectivity index (χ3v) is 3.12. The molecule has 0 saturated carbocycles. The summed E-state index contributed by atoms with van der Waals surface area (Å²) in [5, 5.41) is 8.91. The van der Waals surface area contributed by atoms with Gasteiger partial charge in [-0.15, -0.1) is 0 Å². The van der Waals surface area contributed by atoms with E-state index in [1.54, 1.807) is 4.72 Å². The Hall–Kier alpha value is -2.49. The van der Waals surface area contributed by atoms with E-state index >= 15 is 0 Å². The maximum absolute atomic E-state index is 11.6. The fourth-order valence-corrected chi connectivity index (χ4v) is 2.15. The molecule has 0 heterocycles. The quantitative estimate of drug-likeness (QED) is 0.706. The number of carboxylic acid groups (broad SMARTS) is 1. The molecular formula is C11H14N2O7S. The van der Waals surface area contributed by atoms with Crippen LogP contribution in [-0.2, 0) is 14.9 Å². The van der Waals surface area contributed by atoms with Crippen LogP contribution < -0.4 is 14.2 Å². The summed E-state index contributed by atoms with van der Waals surface area (Å²) in [6.45, 7) is 1.54. The van der Waals surface area contributed by atoms with Gasteiger partial charge in [0.15, 0.2) is 0 Å². The van der Waals surface area contributed by atoms with Crippen LogP contribution in [-0.4, -0.2) is 39.3 Å². The van der Waals surface area contributed by atoms with Crippen LogP contribution in [0.4, 0.5) is 10.5 Å². The second-order valence-electron chi connectivity index (χ2n) is 3.65. The summed E-state index contributed by atoms with van der Waals surface area (Å²) in [6, 6.07) is 3.56. The fourth-order valence-electron chi connectivity index (χ4n) is 1.38. The number of rotatable bonds is 6. The lowest BCUT2D eigenvalue weighted by Crippen LogP contribution is -2.35. The lowest BCUT2D eigenvalue weighted by atomic mass is 10.2. The molecule has 0 spiro atoms. The Labute approximate surface area is 121 Å². The van der Waals surface area contributed by atoms with Crippen molar-refractivity contribution in [1.29, 1.82) is 0 Å². The lowest BCUT2D eigenvalue weighted by molar-refractivity contribution is 0.0693. The molecule has 10 heteroatoms. The van der Waals surface area contributed by atoms with Crippen LogP contribution >= 0.6 is 0 Å². The fraction of sp³-hybridized carbons (Fsp3) is 0.273. The van der Waals surface area contributed by atoms with Crippen molar-refractivity contribution in [3.63, 3.8) is 0 Å². The molecule has 116 valence electrons. The number of carbonyl (C=O) groups excluding carboxylic acids is 1. The molecule has 0 aliphatic carbocycles. The molecule has 9 nitrogen and oxygen atoms in total. The first-order valence-corrected chi connectivity index (χ1v) is 7.16. The van der Waals surface area contributed by atoms with Crippen LogP contribution in [0, 0.1) is 0 Å². The Morgan fingerprint density at radius 3 is 2.52 bits per heavy atom. The van der Waals surface area contributed by atoms with Gasteiger partial charge in [0, 0.05) is 6.07 Å². The minimum atomic E-state index is -4.19. The first-order chi connectivity index (χ1) is 9.79. The number of methoxy groups -OCH3 is 1. The van der Waals surface area contributed by atoms with Crippen LogP contribution in [0.25, 0.3) is 0 Å². The van der Waals surface area contributed by atoms with E-state index in [-0.39, 0.29) is 23.6 Å². The average molecular weight is 318 g/mol. The van der Waals surface area contributed by atoms with Gasteiger partial charge in [0.25, 0.3) is 0 Å². The normalized spacial score (nSPS) is 10.6. The number of anilines is 1. The smallest absolute Gasteiger partial charge is 0.422 e. The minimum Gasteiger partial charge on any atom is -0.496 e. The molecule has 0 radical (unpaired) electrons. The van der Waals surface area contributed by atoms with E-state index in [1.165, 1.54) is 32.2 Å². The largest absolute Gasteiger partial charge is 0.496 e. The van der Waals surface area contributed by atoms with Gasteiger partial charge < -0.3 is 14.6 Å². The minimum absolute atomic E-state index is 0.0164. The lowest BCUT2D eigenvalue weighted by Gasteiger charge is -2.11. The molecular weight excluding hydrogens is 304 g/mol. The van der Waals surface area contributed by atoms with Crippen molar-refractivity contribution in [3.8, 4) is 5.75 Å². The van der Waals surface area contributed by atoms with E-state index in [0.717, 1.165) is 0 Å². The Balaban J connectivity index is 2.92. The molecule has 1 aromatic carbocycles. The molecule has 0 unspecified atom stereocenters. The summed E-state index contributed by atoms with van der Waals surface area (Å²) in [5.41, 5.74) is -0.104. The number of aromatic carboxylic acids is 1. The predicted octanol–water partition coefficient (Wildman–Crippen LogP) is 0.796. The summed E-state index contributed by atoms with van der Waals surface area (Å²) in [6.07, 6.45) is -1.13.